The molecular formula is C21H22N4O3S. The Kier molecular flexibility index (Phi) is 6.23. The highest BCUT2D eigenvalue weighted by molar-refractivity contribution is 7.71. The Morgan fingerprint density at radius 3 is 2.83 bits per heavy atom. The fourth-order valence-electron chi connectivity index (χ4n) is 2.80. The molecule has 7 nitrogen and oxygen atoms in total. The second kappa shape index (κ2) is 8.83. The lowest BCUT2D eigenvalue weighted by atomic mass is 10.1. The van der Waals surface area contributed by atoms with Gasteiger partial charge in [0.15, 0.2) is 4.77 Å². The molecule has 0 fully saturated rings. The van der Waals surface area contributed by atoms with Crippen LogP contribution in [0.5, 0.6) is 5.88 Å². The zero-order chi connectivity index (χ0) is 21.0. The summed E-state index contributed by atoms with van der Waals surface area (Å²) in [7, 11) is 0. The van der Waals surface area contributed by atoms with E-state index in [1.165, 1.54) is 4.57 Å². The molecule has 150 valence electrons. The molecule has 29 heavy (non-hydrogen) atoms. The Hall–Kier alpha value is -3.26. The molecule has 0 aliphatic carbocycles. The van der Waals surface area contributed by atoms with Crippen LogP contribution >= 0.6 is 12.2 Å². The average Bonchev–Trinajstić information content (AvgIpc) is 2.69. The lowest BCUT2D eigenvalue weighted by molar-refractivity contribution is 0.0951. The normalized spacial score (nSPS) is 10.9. The lowest BCUT2D eigenvalue weighted by Gasteiger charge is -2.10. The molecule has 0 saturated heterocycles. The number of hydrogen-bond acceptors (Lipinski definition) is 5. The van der Waals surface area contributed by atoms with Crippen molar-refractivity contribution in [2.75, 3.05) is 0 Å². The van der Waals surface area contributed by atoms with Crippen LogP contribution in [0.3, 0.4) is 0 Å². The van der Waals surface area contributed by atoms with E-state index in [9.17, 15) is 9.59 Å². The van der Waals surface area contributed by atoms with Crippen molar-refractivity contribution in [2.45, 2.75) is 33.0 Å². The maximum atomic E-state index is 12.5. The molecule has 8 heteroatoms. The van der Waals surface area contributed by atoms with E-state index in [1.807, 2.05) is 19.9 Å². The molecule has 3 aromatic rings. The summed E-state index contributed by atoms with van der Waals surface area (Å²) in [4.78, 5) is 32.3. The van der Waals surface area contributed by atoms with Crippen molar-refractivity contribution in [1.29, 1.82) is 0 Å². The van der Waals surface area contributed by atoms with Crippen molar-refractivity contribution in [1.82, 2.24) is 19.9 Å². The first kappa shape index (κ1) is 20.5. The third-order valence-corrected chi connectivity index (χ3v) is 4.49. The molecular weight excluding hydrogens is 388 g/mol. The molecule has 2 heterocycles. The zero-order valence-corrected chi connectivity index (χ0v) is 17.1. The summed E-state index contributed by atoms with van der Waals surface area (Å²) in [5.74, 6) is 0.283. The number of nitrogens with one attached hydrogen (secondary N) is 2. The van der Waals surface area contributed by atoms with E-state index in [0.29, 0.717) is 35.4 Å². The number of aromatic amines is 1. The van der Waals surface area contributed by atoms with Gasteiger partial charge >= 0.3 is 0 Å². The van der Waals surface area contributed by atoms with Gasteiger partial charge in [-0.15, -0.1) is 6.58 Å². The third-order valence-electron chi connectivity index (χ3n) is 4.16. The molecule has 0 aliphatic heterocycles. The Morgan fingerprint density at radius 2 is 2.17 bits per heavy atom. The van der Waals surface area contributed by atoms with Crippen molar-refractivity contribution in [2.24, 2.45) is 0 Å². The van der Waals surface area contributed by atoms with Gasteiger partial charge in [-0.05, 0) is 49.8 Å². The van der Waals surface area contributed by atoms with Crippen LogP contribution in [0.2, 0.25) is 0 Å². The first-order valence-corrected chi connectivity index (χ1v) is 9.57. The summed E-state index contributed by atoms with van der Waals surface area (Å²) in [5.41, 5.74) is 1.58. The van der Waals surface area contributed by atoms with Crippen molar-refractivity contribution >= 4 is 29.0 Å². The molecule has 0 spiro atoms. The highest BCUT2D eigenvalue weighted by Crippen LogP contribution is 2.12. The molecule has 0 unspecified atom stereocenters. The van der Waals surface area contributed by atoms with E-state index >= 15 is 0 Å². The molecule has 0 bridgehead atoms. The van der Waals surface area contributed by atoms with Gasteiger partial charge in [0.25, 0.3) is 11.5 Å². The fourth-order valence-corrected chi connectivity index (χ4v) is 3.07. The minimum Gasteiger partial charge on any atom is -0.475 e. The number of pyridine rings is 1. The molecule has 0 aliphatic rings. The SMILES string of the molecule is C=CCn1c(=S)[nH]c2cc(C(=O)NCc3ccc(OC(C)C)nc3)ccc2c1=O. The smallest absolute Gasteiger partial charge is 0.262 e. The van der Waals surface area contributed by atoms with Gasteiger partial charge in [0.1, 0.15) is 0 Å². The van der Waals surface area contributed by atoms with Gasteiger partial charge in [-0.25, -0.2) is 4.98 Å². The Labute approximate surface area is 173 Å². The van der Waals surface area contributed by atoms with E-state index in [2.05, 4.69) is 21.9 Å². The van der Waals surface area contributed by atoms with Gasteiger partial charge in [-0.3, -0.25) is 14.2 Å². The van der Waals surface area contributed by atoms with Gasteiger partial charge in [0.05, 0.1) is 17.0 Å². The van der Waals surface area contributed by atoms with Crippen molar-refractivity contribution in [3.63, 3.8) is 0 Å². The van der Waals surface area contributed by atoms with Crippen LogP contribution < -0.4 is 15.6 Å². The summed E-state index contributed by atoms with van der Waals surface area (Å²) in [6.45, 7) is 8.14. The highest BCUT2D eigenvalue weighted by Gasteiger charge is 2.10. The van der Waals surface area contributed by atoms with Crippen LogP contribution in [0, 0.1) is 4.77 Å². The number of carbonyl (C=O) groups is 1. The van der Waals surface area contributed by atoms with Crippen molar-refractivity contribution in [3.05, 3.63) is 75.4 Å². The number of H-pyrrole nitrogens is 1. The Bertz CT molecular complexity index is 1160. The number of amides is 1. The van der Waals surface area contributed by atoms with Gasteiger partial charge in [-0.2, -0.15) is 0 Å². The highest BCUT2D eigenvalue weighted by atomic mass is 32.1. The monoisotopic (exact) mass is 410 g/mol. The van der Waals surface area contributed by atoms with Gasteiger partial charge in [-0.1, -0.05) is 12.1 Å². The first-order chi connectivity index (χ1) is 13.9. The number of nitrogens with zero attached hydrogens (tertiary/aromatic N) is 2. The molecule has 1 amide bonds. The first-order valence-electron chi connectivity index (χ1n) is 9.16. The number of allylic oxidation sites excluding steroid dienone is 1. The van der Waals surface area contributed by atoms with Crippen molar-refractivity contribution < 1.29 is 9.53 Å². The largest absolute Gasteiger partial charge is 0.475 e. The summed E-state index contributed by atoms with van der Waals surface area (Å²) >= 11 is 5.23. The predicted octanol–water partition coefficient (Wildman–Crippen LogP) is 3.36. The maximum absolute atomic E-state index is 12.5. The molecule has 0 atom stereocenters. The van der Waals surface area contributed by atoms with E-state index in [-0.39, 0.29) is 22.3 Å². The lowest BCUT2D eigenvalue weighted by Crippen LogP contribution is -2.24. The number of hydrogen-bond donors (Lipinski definition) is 2. The van der Waals surface area contributed by atoms with Gasteiger partial charge in [0, 0.05) is 30.9 Å². The number of benzene rings is 1. The average molecular weight is 410 g/mol. The van der Waals surface area contributed by atoms with Crippen LogP contribution in [0.25, 0.3) is 10.9 Å². The molecule has 0 saturated carbocycles. The third kappa shape index (κ3) is 4.78. The van der Waals surface area contributed by atoms with Gasteiger partial charge in [0.2, 0.25) is 5.88 Å². The van der Waals surface area contributed by atoms with Crippen LogP contribution in [0.4, 0.5) is 0 Å². The quantitative estimate of drug-likeness (QED) is 0.461. The summed E-state index contributed by atoms with van der Waals surface area (Å²) in [6.07, 6.45) is 3.32. The fraction of sp³-hybridized carbons (Fsp3) is 0.238. The van der Waals surface area contributed by atoms with Crippen LogP contribution in [0.15, 0.2) is 54.0 Å². The number of ether oxygens (including phenoxy) is 1. The van der Waals surface area contributed by atoms with E-state index < -0.39 is 0 Å². The summed E-state index contributed by atoms with van der Waals surface area (Å²) in [5, 5.41) is 3.30. The number of carbonyl (C=O) groups excluding carboxylic acids is 1. The zero-order valence-electron chi connectivity index (χ0n) is 16.3. The predicted molar refractivity (Wildman–Crippen MR) is 115 cm³/mol. The van der Waals surface area contributed by atoms with Crippen molar-refractivity contribution in [3.8, 4) is 5.88 Å². The molecule has 1 aromatic carbocycles. The number of fused-ring (bicyclic) bond motifs is 1. The molecule has 3 rings (SSSR count). The Morgan fingerprint density at radius 1 is 1.38 bits per heavy atom. The van der Waals surface area contributed by atoms with Crippen LogP contribution in [-0.4, -0.2) is 26.5 Å². The maximum Gasteiger partial charge on any atom is 0.262 e. The molecule has 2 aromatic heterocycles. The second-order valence-corrected chi connectivity index (χ2v) is 7.14. The van der Waals surface area contributed by atoms with Crippen LogP contribution in [-0.2, 0) is 13.1 Å². The Balaban J connectivity index is 1.75. The summed E-state index contributed by atoms with van der Waals surface area (Å²) < 4.78 is 7.21. The topological polar surface area (TPSA) is 89.0 Å². The van der Waals surface area contributed by atoms with E-state index in [0.717, 1.165) is 5.56 Å². The van der Waals surface area contributed by atoms with E-state index in [1.54, 1.807) is 36.5 Å². The molecule has 2 N–H and O–H groups in total. The minimum absolute atomic E-state index is 0.0503. The summed E-state index contributed by atoms with van der Waals surface area (Å²) in [6, 6.07) is 8.48. The van der Waals surface area contributed by atoms with Crippen LogP contribution in [0.1, 0.15) is 29.8 Å². The minimum atomic E-state index is -0.260. The van der Waals surface area contributed by atoms with Gasteiger partial charge < -0.3 is 15.0 Å². The molecule has 0 radical (unpaired) electrons. The van der Waals surface area contributed by atoms with E-state index in [4.69, 9.17) is 17.0 Å². The number of rotatable bonds is 7. The number of aromatic nitrogens is 3. The second-order valence-electron chi connectivity index (χ2n) is 6.75. The standard InChI is InChI=1S/C21H22N4O3S/c1-4-9-25-20(27)16-7-6-15(10-17(16)24-21(25)29)19(26)23-12-14-5-8-18(22-11-14)28-13(2)3/h4-8,10-11,13H,1,9,12H2,2-3H3,(H,23,26)(H,24,29).